The third kappa shape index (κ3) is 5.14. The van der Waals surface area contributed by atoms with Gasteiger partial charge in [-0.25, -0.2) is 0 Å². The van der Waals surface area contributed by atoms with Crippen LogP contribution in [0.5, 0.6) is 0 Å². The Balaban J connectivity index is 1.67. The largest absolute Gasteiger partial charge is 0.391 e. The molecule has 2 aliphatic rings. The van der Waals surface area contributed by atoms with Gasteiger partial charge in [-0.15, -0.1) is 0 Å². The fraction of sp³-hybridized carbons (Fsp3) is 0.929. The molecule has 1 saturated heterocycles. The molecule has 7 heteroatoms. The van der Waals surface area contributed by atoms with Gasteiger partial charge in [0.15, 0.2) is 0 Å². The number of amides is 1. The van der Waals surface area contributed by atoms with Gasteiger partial charge in [0.1, 0.15) is 0 Å². The first-order chi connectivity index (χ1) is 9.84. The SMILES string of the molecule is NC(=O)CN1CCC(NC2CCC(C(F)(F)F)CC2)CC1. The van der Waals surface area contributed by atoms with E-state index < -0.39 is 12.1 Å². The first-order valence-electron chi connectivity index (χ1n) is 7.68. The van der Waals surface area contributed by atoms with E-state index in [1.165, 1.54) is 0 Å². The van der Waals surface area contributed by atoms with Crippen LogP contribution in [0, 0.1) is 5.92 Å². The molecule has 1 saturated carbocycles. The maximum Gasteiger partial charge on any atom is 0.391 e. The number of carbonyl (C=O) groups excluding carboxylic acids is 1. The van der Waals surface area contributed by atoms with Crippen molar-refractivity contribution < 1.29 is 18.0 Å². The molecular formula is C14H24F3N3O. The molecule has 1 aliphatic heterocycles. The number of hydrogen-bond acceptors (Lipinski definition) is 3. The monoisotopic (exact) mass is 307 g/mol. The summed E-state index contributed by atoms with van der Waals surface area (Å²) in [7, 11) is 0. The van der Waals surface area contributed by atoms with Crippen molar-refractivity contribution in [2.75, 3.05) is 19.6 Å². The van der Waals surface area contributed by atoms with Crippen LogP contribution in [0.3, 0.4) is 0 Å². The predicted molar refractivity (Wildman–Crippen MR) is 73.6 cm³/mol. The zero-order chi connectivity index (χ0) is 15.5. The molecule has 0 aromatic rings. The Morgan fingerprint density at radius 1 is 1.05 bits per heavy atom. The number of rotatable bonds is 4. The lowest BCUT2D eigenvalue weighted by Crippen LogP contribution is -2.49. The third-order valence-electron chi connectivity index (χ3n) is 4.63. The Bertz CT molecular complexity index is 346. The van der Waals surface area contributed by atoms with Gasteiger partial charge in [0.05, 0.1) is 12.5 Å². The predicted octanol–water partition coefficient (Wildman–Crippen LogP) is 1.65. The van der Waals surface area contributed by atoms with E-state index in [1.807, 2.05) is 4.90 Å². The van der Waals surface area contributed by atoms with Crippen molar-refractivity contribution in [3.8, 4) is 0 Å². The van der Waals surface area contributed by atoms with Crippen molar-refractivity contribution in [2.24, 2.45) is 11.7 Å². The van der Waals surface area contributed by atoms with E-state index in [1.54, 1.807) is 0 Å². The standard InChI is InChI=1S/C14H24F3N3O/c15-14(16,17)10-1-3-11(4-2-10)19-12-5-7-20(8-6-12)9-13(18)21/h10-12,19H,1-9H2,(H2,18,21). The second kappa shape index (κ2) is 6.96. The highest BCUT2D eigenvalue weighted by molar-refractivity contribution is 5.75. The van der Waals surface area contributed by atoms with Gasteiger partial charge in [-0.05, 0) is 38.5 Å². The van der Waals surface area contributed by atoms with Crippen LogP contribution in [0.2, 0.25) is 0 Å². The van der Waals surface area contributed by atoms with Crippen molar-refractivity contribution >= 4 is 5.91 Å². The van der Waals surface area contributed by atoms with E-state index in [9.17, 15) is 18.0 Å². The van der Waals surface area contributed by atoms with Crippen molar-refractivity contribution in [2.45, 2.75) is 56.8 Å². The first-order valence-corrected chi connectivity index (χ1v) is 7.68. The summed E-state index contributed by atoms with van der Waals surface area (Å²) in [5.74, 6) is -1.43. The molecule has 1 amide bonds. The lowest BCUT2D eigenvalue weighted by molar-refractivity contribution is -0.182. The number of alkyl halides is 3. The summed E-state index contributed by atoms with van der Waals surface area (Å²) in [4.78, 5) is 12.9. The summed E-state index contributed by atoms with van der Waals surface area (Å²) >= 11 is 0. The number of halogens is 3. The lowest BCUT2D eigenvalue weighted by atomic mass is 9.85. The van der Waals surface area contributed by atoms with Crippen molar-refractivity contribution in [3.05, 3.63) is 0 Å². The van der Waals surface area contributed by atoms with Crippen LogP contribution < -0.4 is 11.1 Å². The van der Waals surface area contributed by atoms with Crippen LogP contribution in [0.1, 0.15) is 38.5 Å². The number of primary amides is 1. The van der Waals surface area contributed by atoms with Gasteiger partial charge in [-0.1, -0.05) is 0 Å². The highest BCUT2D eigenvalue weighted by Gasteiger charge is 2.41. The quantitative estimate of drug-likeness (QED) is 0.830. The summed E-state index contributed by atoms with van der Waals surface area (Å²) in [5.41, 5.74) is 5.17. The van der Waals surface area contributed by atoms with Crippen LogP contribution >= 0.6 is 0 Å². The van der Waals surface area contributed by atoms with E-state index in [-0.39, 0.29) is 24.8 Å². The molecule has 0 bridgehead atoms. The molecule has 0 radical (unpaired) electrons. The number of nitrogens with two attached hydrogens (primary N) is 1. The minimum absolute atomic E-state index is 0.205. The molecule has 2 fully saturated rings. The van der Waals surface area contributed by atoms with Crippen LogP contribution in [0.4, 0.5) is 13.2 Å². The zero-order valence-corrected chi connectivity index (χ0v) is 12.2. The average molecular weight is 307 g/mol. The summed E-state index contributed by atoms with van der Waals surface area (Å²) < 4.78 is 37.8. The molecule has 4 nitrogen and oxygen atoms in total. The maximum atomic E-state index is 12.6. The second-order valence-corrected chi connectivity index (χ2v) is 6.27. The van der Waals surface area contributed by atoms with Gasteiger partial charge < -0.3 is 11.1 Å². The Morgan fingerprint density at radius 3 is 2.05 bits per heavy atom. The molecule has 0 aromatic heterocycles. The van der Waals surface area contributed by atoms with E-state index >= 15 is 0 Å². The number of nitrogens with zero attached hydrogens (tertiary/aromatic N) is 1. The molecule has 122 valence electrons. The van der Waals surface area contributed by atoms with E-state index in [0.29, 0.717) is 25.4 Å². The minimum atomic E-state index is -4.04. The topological polar surface area (TPSA) is 58.4 Å². The summed E-state index contributed by atoms with van der Waals surface area (Å²) in [5, 5.41) is 3.49. The van der Waals surface area contributed by atoms with Gasteiger partial charge in [0.25, 0.3) is 0 Å². The molecule has 0 aromatic carbocycles. The highest BCUT2D eigenvalue weighted by Crippen LogP contribution is 2.37. The fourth-order valence-electron chi connectivity index (χ4n) is 3.40. The zero-order valence-electron chi connectivity index (χ0n) is 12.2. The molecule has 1 aliphatic carbocycles. The first kappa shape index (κ1) is 16.5. The van der Waals surface area contributed by atoms with E-state index in [0.717, 1.165) is 25.9 Å². The smallest absolute Gasteiger partial charge is 0.369 e. The summed E-state index contributed by atoms with van der Waals surface area (Å²) in [6, 6.07) is 0.554. The summed E-state index contributed by atoms with van der Waals surface area (Å²) in [6.07, 6.45) is -0.509. The van der Waals surface area contributed by atoms with Crippen LogP contribution in [0.25, 0.3) is 0 Å². The van der Waals surface area contributed by atoms with E-state index in [4.69, 9.17) is 5.73 Å². The molecule has 1 heterocycles. The molecule has 0 spiro atoms. The van der Waals surface area contributed by atoms with Crippen molar-refractivity contribution in [1.82, 2.24) is 10.2 Å². The van der Waals surface area contributed by atoms with Crippen molar-refractivity contribution in [3.63, 3.8) is 0 Å². The van der Waals surface area contributed by atoms with Gasteiger partial charge in [0.2, 0.25) is 5.91 Å². The van der Waals surface area contributed by atoms with E-state index in [2.05, 4.69) is 5.32 Å². The molecule has 3 N–H and O–H groups in total. The van der Waals surface area contributed by atoms with Crippen molar-refractivity contribution in [1.29, 1.82) is 0 Å². The van der Waals surface area contributed by atoms with Crippen LogP contribution in [-0.4, -0.2) is 48.7 Å². The molecule has 0 atom stereocenters. The van der Waals surface area contributed by atoms with Gasteiger partial charge in [-0.3, -0.25) is 9.69 Å². The Labute approximate surface area is 123 Å². The van der Waals surface area contributed by atoms with Crippen LogP contribution in [-0.2, 0) is 4.79 Å². The minimum Gasteiger partial charge on any atom is -0.369 e. The normalized spacial score (nSPS) is 29.5. The number of likely N-dealkylation sites (tertiary alicyclic amines) is 1. The molecule has 2 rings (SSSR count). The Kier molecular flexibility index (Phi) is 5.48. The second-order valence-electron chi connectivity index (χ2n) is 6.27. The average Bonchev–Trinajstić information content (AvgIpc) is 2.40. The van der Waals surface area contributed by atoms with Gasteiger partial charge in [-0.2, -0.15) is 13.2 Å². The molecular weight excluding hydrogens is 283 g/mol. The maximum absolute atomic E-state index is 12.6. The number of nitrogens with one attached hydrogen (secondary N) is 1. The molecule has 0 unspecified atom stereocenters. The number of hydrogen-bond donors (Lipinski definition) is 2. The number of piperidine rings is 1. The third-order valence-corrected chi connectivity index (χ3v) is 4.63. The Morgan fingerprint density at radius 2 is 1.57 bits per heavy atom. The van der Waals surface area contributed by atoms with Gasteiger partial charge >= 0.3 is 6.18 Å². The van der Waals surface area contributed by atoms with Crippen LogP contribution in [0.15, 0.2) is 0 Å². The van der Waals surface area contributed by atoms with Gasteiger partial charge in [0, 0.05) is 25.2 Å². The Hall–Kier alpha value is -0.820. The lowest BCUT2D eigenvalue weighted by Gasteiger charge is -2.36. The molecule has 21 heavy (non-hydrogen) atoms. The summed E-state index contributed by atoms with van der Waals surface area (Å²) in [6.45, 7) is 1.93. The fourth-order valence-corrected chi connectivity index (χ4v) is 3.40. The highest BCUT2D eigenvalue weighted by atomic mass is 19.4. The number of carbonyl (C=O) groups is 1.